The van der Waals surface area contributed by atoms with Gasteiger partial charge in [-0.25, -0.2) is 4.98 Å². The van der Waals surface area contributed by atoms with Crippen molar-refractivity contribution in [1.82, 2.24) is 4.98 Å². The van der Waals surface area contributed by atoms with E-state index in [4.69, 9.17) is 9.15 Å². The summed E-state index contributed by atoms with van der Waals surface area (Å²) in [4.78, 5) is 27.9. The van der Waals surface area contributed by atoms with E-state index in [0.29, 0.717) is 23.6 Å². The minimum atomic E-state index is -0.470. The second-order valence-electron chi connectivity index (χ2n) is 5.60. The number of aromatic nitrogens is 1. The van der Waals surface area contributed by atoms with Gasteiger partial charge >= 0.3 is 5.97 Å². The fourth-order valence-corrected chi connectivity index (χ4v) is 2.35. The number of nitrogens with zero attached hydrogens (tertiary/aromatic N) is 1. The minimum absolute atomic E-state index is 0.102. The first-order chi connectivity index (χ1) is 12.1. The van der Waals surface area contributed by atoms with E-state index >= 15 is 0 Å². The summed E-state index contributed by atoms with van der Waals surface area (Å²) in [6.45, 7) is 1.57. The predicted molar refractivity (Wildman–Crippen MR) is 93.1 cm³/mol. The fourth-order valence-electron chi connectivity index (χ4n) is 2.35. The van der Waals surface area contributed by atoms with Gasteiger partial charge in [0.15, 0.2) is 18.1 Å². The molecule has 1 N–H and O–H groups in total. The number of esters is 1. The maximum atomic E-state index is 11.8. The van der Waals surface area contributed by atoms with Crippen molar-refractivity contribution in [3.8, 4) is 0 Å². The van der Waals surface area contributed by atoms with Gasteiger partial charge in [0.25, 0.3) is 5.91 Å². The maximum absolute atomic E-state index is 11.8. The molecule has 3 rings (SSSR count). The highest BCUT2D eigenvalue weighted by Gasteiger charge is 2.11. The van der Waals surface area contributed by atoms with Gasteiger partial charge in [0.2, 0.25) is 0 Å². The molecule has 1 heterocycles. The number of benzene rings is 2. The molecule has 2 aromatic carbocycles. The lowest BCUT2D eigenvalue weighted by molar-refractivity contribution is -0.147. The molecular formula is C19H18N2O4. The number of fused-ring (bicyclic) bond motifs is 1. The number of hydrogen-bond donors (Lipinski definition) is 1. The van der Waals surface area contributed by atoms with Gasteiger partial charge in [-0.2, -0.15) is 0 Å². The number of aryl methyl sites for hydroxylation is 2. The normalized spacial score (nSPS) is 10.6. The molecule has 128 valence electrons. The zero-order valence-corrected chi connectivity index (χ0v) is 13.8. The van der Waals surface area contributed by atoms with Crippen LogP contribution in [0.25, 0.3) is 11.1 Å². The van der Waals surface area contributed by atoms with Crippen LogP contribution in [0.1, 0.15) is 17.9 Å². The fraction of sp³-hybridized carbons (Fsp3) is 0.211. The predicted octanol–water partition coefficient (Wildman–Crippen LogP) is 3.25. The highest BCUT2D eigenvalue weighted by molar-refractivity contribution is 5.93. The highest BCUT2D eigenvalue weighted by atomic mass is 16.5. The third-order valence-electron chi connectivity index (χ3n) is 3.66. The number of ether oxygens (including phenoxy) is 1. The van der Waals surface area contributed by atoms with Gasteiger partial charge in [0, 0.05) is 12.1 Å². The van der Waals surface area contributed by atoms with Crippen LogP contribution >= 0.6 is 0 Å². The lowest BCUT2D eigenvalue weighted by atomic mass is 10.2. The molecule has 0 aliphatic heterocycles. The monoisotopic (exact) mass is 338 g/mol. The van der Waals surface area contributed by atoms with Crippen molar-refractivity contribution in [2.24, 2.45) is 0 Å². The van der Waals surface area contributed by atoms with Crippen LogP contribution in [-0.2, 0) is 20.7 Å². The van der Waals surface area contributed by atoms with Crippen molar-refractivity contribution in [2.45, 2.75) is 19.8 Å². The number of nitrogens with one attached hydrogen (secondary N) is 1. The van der Waals surface area contributed by atoms with E-state index in [1.807, 2.05) is 49.4 Å². The number of carbonyl (C=O) groups excluding carboxylic acids is 2. The number of oxazole rings is 1. The highest BCUT2D eigenvalue weighted by Crippen LogP contribution is 2.16. The Hall–Kier alpha value is -3.15. The number of amides is 1. The largest absolute Gasteiger partial charge is 0.456 e. The summed E-state index contributed by atoms with van der Waals surface area (Å²) in [7, 11) is 0. The van der Waals surface area contributed by atoms with Crippen molar-refractivity contribution < 1.29 is 18.7 Å². The maximum Gasteiger partial charge on any atom is 0.306 e. The second kappa shape index (κ2) is 7.61. The van der Waals surface area contributed by atoms with Crippen LogP contribution in [0.15, 0.2) is 52.9 Å². The van der Waals surface area contributed by atoms with E-state index in [1.165, 1.54) is 0 Å². The van der Waals surface area contributed by atoms with Crippen LogP contribution in [0.5, 0.6) is 0 Å². The van der Waals surface area contributed by atoms with Gasteiger partial charge in [-0.15, -0.1) is 0 Å². The number of carbonyl (C=O) groups is 2. The van der Waals surface area contributed by atoms with Crippen molar-refractivity contribution in [3.05, 3.63) is 60.0 Å². The Morgan fingerprint density at radius 2 is 1.88 bits per heavy atom. The molecule has 1 aromatic heterocycles. The number of rotatable bonds is 6. The average Bonchev–Trinajstić information content (AvgIpc) is 3.03. The van der Waals surface area contributed by atoms with E-state index in [2.05, 4.69) is 10.3 Å². The van der Waals surface area contributed by atoms with Crippen LogP contribution in [-0.4, -0.2) is 23.5 Å². The topological polar surface area (TPSA) is 81.4 Å². The third-order valence-corrected chi connectivity index (χ3v) is 3.66. The Morgan fingerprint density at radius 3 is 2.68 bits per heavy atom. The summed E-state index contributed by atoms with van der Waals surface area (Å²) in [6.07, 6.45) is 0.428. The Balaban J connectivity index is 1.44. The molecule has 1 amide bonds. The first kappa shape index (κ1) is 16.7. The molecule has 0 bridgehead atoms. The Bertz CT molecular complexity index is 868. The Labute approximate surface area is 144 Å². The molecule has 0 saturated heterocycles. The van der Waals surface area contributed by atoms with Gasteiger partial charge in [-0.3, -0.25) is 9.59 Å². The van der Waals surface area contributed by atoms with Gasteiger partial charge < -0.3 is 14.5 Å². The molecule has 0 atom stereocenters. The Morgan fingerprint density at radius 1 is 1.12 bits per heavy atom. The van der Waals surface area contributed by atoms with Gasteiger partial charge in [-0.05, 0) is 30.7 Å². The van der Waals surface area contributed by atoms with Crippen LogP contribution in [0, 0.1) is 6.92 Å². The number of para-hydroxylation sites is 3. The summed E-state index contributed by atoms with van der Waals surface area (Å²) < 4.78 is 10.5. The molecule has 0 saturated carbocycles. The van der Waals surface area contributed by atoms with E-state index in [0.717, 1.165) is 11.1 Å². The summed E-state index contributed by atoms with van der Waals surface area (Å²) in [5.41, 5.74) is 3.08. The van der Waals surface area contributed by atoms with Crippen molar-refractivity contribution in [3.63, 3.8) is 0 Å². The molecule has 6 nitrogen and oxygen atoms in total. The molecule has 6 heteroatoms. The quantitative estimate of drug-likeness (QED) is 0.698. The summed E-state index contributed by atoms with van der Waals surface area (Å²) in [5, 5.41) is 2.71. The zero-order valence-electron chi connectivity index (χ0n) is 13.8. The molecular weight excluding hydrogens is 320 g/mol. The smallest absolute Gasteiger partial charge is 0.306 e. The standard InChI is InChI=1S/C19H18N2O4/c1-13-6-2-3-7-14(13)20-17(22)12-24-19(23)11-10-18-21-15-8-4-5-9-16(15)25-18/h2-9H,10-12H2,1H3,(H,20,22). The van der Waals surface area contributed by atoms with Crippen LogP contribution < -0.4 is 5.32 Å². The first-order valence-corrected chi connectivity index (χ1v) is 7.97. The van der Waals surface area contributed by atoms with Crippen molar-refractivity contribution >= 4 is 28.7 Å². The van der Waals surface area contributed by atoms with E-state index in [9.17, 15) is 9.59 Å². The van der Waals surface area contributed by atoms with Gasteiger partial charge in [0.05, 0.1) is 6.42 Å². The SMILES string of the molecule is Cc1ccccc1NC(=O)COC(=O)CCc1nc2ccccc2o1. The van der Waals surface area contributed by atoms with Crippen LogP contribution in [0.3, 0.4) is 0 Å². The second-order valence-corrected chi connectivity index (χ2v) is 5.60. The lowest BCUT2D eigenvalue weighted by Gasteiger charge is -2.08. The van der Waals surface area contributed by atoms with E-state index in [-0.39, 0.29) is 18.9 Å². The molecule has 0 unspecified atom stereocenters. The molecule has 0 spiro atoms. The van der Waals surface area contributed by atoms with E-state index in [1.54, 1.807) is 6.07 Å². The summed E-state index contributed by atoms with van der Waals surface area (Å²) >= 11 is 0. The molecule has 3 aromatic rings. The average molecular weight is 338 g/mol. The van der Waals surface area contributed by atoms with Crippen molar-refractivity contribution in [1.29, 1.82) is 0 Å². The summed E-state index contributed by atoms with van der Waals surface area (Å²) in [5.74, 6) is -0.366. The Kier molecular flexibility index (Phi) is 5.09. The lowest BCUT2D eigenvalue weighted by Crippen LogP contribution is -2.21. The van der Waals surface area contributed by atoms with E-state index < -0.39 is 5.97 Å². The van der Waals surface area contributed by atoms with Crippen LogP contribution in [0.4, 0.5) is 5.69 Å². The van der Waals surface area contributed by atoms with Crippen LogP contribution in [0.2, 0.25) is 0 Å². The van der Waals surface area contributed by atoms with Crippen molar-refractivity contribution in [2.75, 3.05) is 11.9 Å². The molecule has 25 heavy (non-hydrogen) atoms. The number of anilines is 1. The van der Waals surface area contributed by atoms with Gasteiger partial charge in [0.1, 0.15) is 5.52 Å². The molecule has 0 radical (unpaired) electrons. The first-order valence-electron chi connectivity index (χ1n) is 7.97. The third kappa shape index (κ3) is 4.44. The molecule has 0 aliphatic carbocycles. The zero-order chi connectivity index (χ0) is 17.6. The molecule has 0 aliphatic rings. The summed E-state index contributed by atoms with van der Waals surface area (Å²) in [6, 6.07) is 14.8. The minimum Gasteiger partial charge on any atom is -0.456 e. The number of hydrogen-bond acceptors (Lipinski definition) is 5. The molecule has 0 fully saturated rings. The van der Waals surface area contributed by atoms with Gasteiger partial charge in [-0.1, -0.05) is 30.3 Å².